The van der Waals surface area contributed by atoms with Gasteiger partial charge in [0.2, 0.25) is 0 Å². The highest BCUT2D eigenvalue weighted by Gasteiger charge is 2.29. The smallest absolute Gasteiger partial charge is 0.261 e. The second-order valence-electron chi connectivity index (χ2n) is 10.0. The van der Waals surface area contributed by atoms with Crippen LogP contribution in [-0.2, 0) is 21.3 Å². The number of pyridine rings is 1. The second-order valence-corrected chi connectivity index (χ2v) is 11.7. The van der Waals surface area contributed by atoms with Gasteiger partial charge in [-0.25, -0.2) is 8.42 Å². The molecule has 1 aliphatic heterocycles. The maximum Gasteiger partial charge on any atom is 0.261 e. The third-order valence-electron chi connectivity index (χ3n) is 6.99. The Morgan fingerprint density at radius 1 is 1.08 bits per heavy atom. The van der Waals surface area contributed by atoms with E-state index in [0.29, 0.717) is 25.4 Å². The number of benzene rings is 2. The molecule has 4 rings (SSSR count). The Bertz CT molecular complexity index is 1350. The summed E-state index contributed by atoms with van der Waals surface area (Å²) in [5, 5.41) is 0. The summed E-state index contributed by atoms with van der Waals surface area (Å²) in [5.41, 5.74) is 1.65. The lowest BCUT2D eigenvalue weighted by molar-refractivity contribution is 0.00920. The fourth-order valence-corrected chi connectivity index (χ4v) is 5.75. The number of sulfonamides is 1. The van der Waals surface area contributed by atoms with Crippen LogP contribution in [0, 0.1) is 5.92 Å². The summed E-state index contributed by atoms with van der Waals surface area (Å²) in [6.45, 7) is 6.35. The van der Waals surface area contributed by atoms with Gasteiger partial charge in [0.15, 0.2) is 0 Å². The molecule has 0 bridgehead atoms. The van der Waals surface area contributed by atoms with Crippen molar-refractivity contribution in [2.24, 2.45) is 5.92 Å². The number of likely N-dealkylation sites (N-methyl/N-ethyl adjacent to an activating group) is 1. The molecule has 1 N–H and O–H groups in total. The number of ether oxygens (including phenoxy) is 2. The van der Waals surface area contributed by atoms with Crippen molar-refractivity contribution in [3.63, 3.8) is 0 Å². The van der Waals surface area contributed by atoms with Crippen LogP contribution in [0.3, 0.4) is 0 Å². The van der Waals surface area contributed by atoms with Crippen molar-refractivity contribution in [2.75, 3.05) is 38.6 Å². The molecule has 1 amide bonds. The SMILES string of the molecule is CO[C@H]1CN(C)C(=O)c2cc(NS(=O)(=O)c3ccccc3)ccc2OC[C@@H](C)N(Cc2cccnc2)C[C@H]1C. The van der Waals surface area contributed by atoms with E-state index in [0.717, 1.165) is 12.1 Å². The van der Waals surface area contributed by atoms with Gasteiger partial charge in [0.25, 0.3) is 15.9 Å². The van der Waals surface area contributed by atoms with E-state index in [1.807, 2.05) is 12.3 Å². The number of hydrogen-bond acceptors (Lipinski definition) is 7. The molecule has 0 radical (unpaired) electrons. The van der Waals surface area contributed by atoms with E-state index >= 15 is 0 Å². The quantitative estimate of drug-likeness (QED) is 0.495. The topological polar surface area (TPSA) is 101 Å². The number of carbonyl (C=O) groups is 1. The van der Waals surface area contributed by atoms with Crippen molar-refractivity contribution in [1.82, 2.24) is 14.8 Å². The zero-order valence-corrected chi connectivity index (χ0v) is 23.6. The van der Waals surface area contributed by atoms with Crippen molar-refractivity contribution in [3.8, 4) is 5.75 Å². The highest BCUT2D eigenvalue weighted by Crippen LogP contribution is 2.28. The Kier molecular flexibility index (Phi) is 9.21. The number of amides is 1. The fourth-order valence-electron chi connectivity index (χ4n) is 4.68. The Morgan fingerprint density at radius 2 is 1.85 bits per heavy atom. The molecule has 2 heterocycles. The minimum atomic E-state index is -3.82. The van der Waals surface area contributed by atoms with Crippen LogP contribution in [0.4, 0.5) is 5.69 Å². The Balaban J connectivity index is 1.65. The molecule has 1 aliphatic rings. The maximum absolute atomic E-state index is 13.6. The summed E-state index contributed by atoms with van der Waals surface area (Å²) in [6.07, 6.45) is 3.42. The van der Waals surface area contributed by atoms with Crippen molar-refractivity contribution in [3.05, 3.63) is 84.2 Å². The van der Waals surface area contributed by atoms with Gasteiger partial charge in [0, 0.05) is 57.9 Å². The number of carbonyl (C=O) groups excluding carboxylic acids is 1. The van der Waals surface area contributed by atoms with E-state index in [9.17, 15) is 13.2 Å². The molecule has 2 aromatic carbocycles. The van der Waals surface area contributed by atoms with Gasteiger partial charge in [-0.3, -0.25) is 19.4 Å². The molecule has 3 atom stereocenters. The number of nitrogens with one attached hydrogen (secondary N) is 1. The van der Waals surface area contributed by atoms with Gasteiger partial charge in [0.1, 0.15) is 12.4 Å². The summed E-state index contributed by atoms with van der Waals surface area (Å²) in [7, 11) is -0.448. The molecule has 3 aromatic rings. The van der Waals surface area contributed by atoms with Gasteiger partial charge in [-0.2, -0.15) is 0 Å². The summed E-state index contributed by atoms with van der Waals surface area (Å²) in [5.74, 6) is 0.234. The van der Waals surface area contributed by atoms with Crippen LogP contribution in [0.1, 0.15) is 29.8 Å². The van der Waals surface area contributed by atoms with Crippen LogP contribution >= 0.6 is 0 Å². The van der Waals surface area contributed by atoms with Gasteiger partial charge in [-0.1, -0.05) is 31.2 Å². The zero-order chi connectivity index (χ0) is 28.0. The van der Waals surface area contributed by atoms with E-state index < -0.39 is 10.0 Å². The van der Waals surface area contributed by atoms with E-state index in [-0.39, 0.29) is 40.1 Å². The van der Waals surface area contributed by atoms with Crippen LogP contribution in [0.5, 0.6) is 5.75 Å². The number of rotatable bonds is 6. The number of fused-ring (bicyclic) bond motifs is 1. The molecule has 208 valence electrons. The Hall–Kier alpha value is -3.47. The Morgan fingerprint density at radius 3 is 2.54 bits per heavy atom. The molecule has 0 fully saturated rings. The third-order valence-corrected chi connectivity index (χ3v) is 8.39. The minimum Gasteiger partial charge on any atom is -0.491 e. The largest absolute Gasteiger partial charge is 0.491 e. The molecule has 1 aromatic heterocycles. The number of nitrogens with zero attached hydrogens (tertiary/aromatic N) is 3. The normalized spacial score (nSPS) is 21.3. The van der Waals surface area contributed by atoms with Crippen LogP contribution in [0.15, 0.2) is 78.0 Å². The van der Waals surface area contributed by atoms with E-state index in [4.69, 9.17) is 9.47 Å². The molecular formula is C29H36N4O5S. The monoisotopic (exact) mass is 552 g/mol. The average molecular weight is 553 g/mol. The average Bonchev–Trinajstić information content (AvgIpc) is 2.94. The lowest BCUT2D eigenvalue weighted by atomic mass is 10.0. The number of anilines is 1. The summed E-state index contributed by atoms with van der Waals surface area (Å²) in [6, 6.07) is 16.9. The predicted octanol–water partition coefficient (Wildman–Crippen LogP) is 3.89. The van der Waals surface area contributed by atoms with Crippen molar-refractivity contribution in [2.45, 2.75) is 37.4 Å². The van der Waals surface area contributed by atoms with Crippen LogP contribution in [-0.4, -0.2) is 75.1 Å². The first-order valence-electron chi connectivity index (χ1n) is 12.9. The summed E-state index contributed by atoms with van der Waals surface area (Å²) >= 11 is 0. The molecule has 39 heavy (non-hydrogen) atoms. The molecule has 9 nitrogen and oxygen atoms in total. The van der Waals surface area contributed by atoms with Gasteiger partial charge in [-0.15, -0.1) is 0 Å². The summed E-state index contributed by atoms with van der Waals surface area (Å²) in [4.78, 5) is 21.9. The van der Waals surface area contributed by atoms with Crippen molar-refractivity contribution >= 4 is 21.6 Å². The van der Waals surface area contributed by atoms with Crippen LogP contribution < -0.4 is 9.46 Å². The molecular weight excluding hydrogens is 516 g/mol. The molecule has 0 saturated carbocycles. The highest BCUT2D eigenvalue weighted by atomic mass is 32.2. The molecule has 0 unspecified atom stereocenters. The van der Waals surface area contributed by atoms with Crippen LogP contribution in [0.2, 0.25) is 0 Å². The van der Waals surface area contributed by atoms with Gasteiger partial charge >= 0.3 is 0 Å². The van der Waals surface area contributed by atoms with Crippen molar-refractivity contribution in [1.29, 1.82) is 0 Å². The molecule has 0 saturated heterocycles. The molecule has 10 heteroatoms. The minimum absolute atomic E-state index is 0.0153. The lowest BCUT2D eigenvalue weighted by Gasteiger charge is -2.36. The molecule has 0 spiro atoms. The second kappa shape index (κ2) is 12.6. The number of hydrogen-bond donors (Lipinski definition) is 1. The van der Waals surface area contributed by atoms with E-state index in [1.165, 1.54) is 18.2 Å². The summed E-state index contributed by atoms with van der Waals surface area (Å²) < 4.78 is 40.4. The number of methoxy groups -OCH3 is 1. The van der Waals surface area contributed by atoms with E-state index in [1.54, 1.807) is 55.6 Å². The van der Waals surface area contributed by atoms with E-state index in [2.05, 4.69) is 34.5 Å². The van der Waals surface area contributed by atoms with Gasteiger partial charge in [-0.05, 0) is 54.8 Å². The maximum atomic E-state index is 13.6. The predicted molar refractivity (Wildman–Crippen MR) is 150 cm³/mol. The molecule has 0 aliphatic carbocycles. The standard InChI is InChI=1S/C29H36N4O5S/c1-21-17-33(18-23-9-8-14-30-16-23)22(2)20-38-27-13-12-24(31-39(35,36)25-10-6-5-7-11-25)15-26(27)29(34)32(3)19-28(21)37-4/h5-16,21-22,28,31H,17-20H2,1-4H3/t21-,22-,28+/m1/s1. The van der Waals surface area contributed by atoms with Crippen molar-refractivity contribution < 1.29 is 22.7 Å². The highest BCUT2D eigenvalue weighted by molar-refractivity contribution is 7.92. The fraction of sp³-hybridized carbons (Fsp3) is 0.379. The lowest BCUT2D eigenvalue weighted by Crippen LogP contribution is -2.46. The zero-order valence-electron chi connectivity index (χ0n) is 22.8. The number of aromatic nitrogens is 1. The first kappa shape index (κ1) is 28.5. The third kappa shape index (κ3) is 7.14. The van der Waals surface area contributed by atoms with Gasteiger partial charge in [0.05, 0.1) is 16.6 Å². The first-order valence-corrected chi connectivity index (χ1v) is 14.4. The Labute approximate surface area is 230 Å². The van der Waals surface area contributed by atoms with Crippen LogP contribution in [0.25, 0.3) is 0 Å². The first-order chi connectivity index (χ1) is 18.7. The van der Waals surface area contributed by atoms with Gasteiger partial charge < -0.3 is 14.4 Å².